The minimum absolute atomic E-state index is 0.127. The number of hydrogen-bond acceptors (Lipinski definition) is 12. The standard InChI is InChI=1S/C13H12N2O3.C11H18N2O3.C10H14N2O3.C10H12N2O3/c1-2-8-13(9-6-4-3-5-7-9)10(16)14-12(18)15-11(13)17;1-4-11(6-5-7(2)3)8(14)12-10(16)13-9(11)15;1-4-5-10(6(2)3)7(13)11-9(15)12-8(10)14;1-3-5-10(6-4-2)7(13)11-9(15)12-8(10)14/h2-7H,1,8H2,(H2,14,15,16,17,18);7H,4-6H2,1-3H3,(H2,12,13,14,15,16);4,6H,1,5H2,2-3H3,(H2,11,12,13,14,15);3-4H,1-2,5-6H2,(H2,11,12,13,14,15). The molecule has 1 aromatic rings. The quantitative estimate of drug-likeness (QED) is 0.0988. The summed E-state index contributed by atoms with van der Waals surface area (Å²) in [6, 6.07) is 5.56. The number of benzene rings is 1. The van der Waals surface area contributed by atoms with E-state index in [-0.39, 0.29) is 31.6 Å². The number of allylic oxidation sites excluding steroid dienone is 4. The summed E-state index contributed by atoms with van der Waals surface area (Å²) in [5.41, 5.74) is -4.45. The average Bonchev–Trinajstić information content (AvgIpc) is 3.20. The zero-order valence-corrected chi connectivity index (χ0v) is 36.5. The number of amides is 16. The third-order valence-electron chi connectivity index (χ3n) is 11.0. The molecule has 5 rings (SSSR count). The molecular weight excluding hydrogens is 833 g/mol. The Morgan fingerprint density at radius 1 is 0.469 bits per heavy atom. The van der Waals surface area contributed by atoms with E-state index in [1.165, 1.54) is 24.3 Å². The lowest BCUT2D eigenvalue weighted by atomic mass is 9.72. The second-order valence-electron chi connectivity index (χ2n) is 15.8. The predicted octanol–water partition coefficient (Wildman–Crippen LogP) is 3.11. The van der Waals surface area contributed by atoms with E-state index < -0.39 is 93.0 Å². The van der Waals surface area contributed by atoms with Crippen LogP contribution in [0.25, 0.3) is 0 Å². The highest BCUT2D eigenvalue weighted by Gasteiger charge is 2.53. The first-order valence-electron chi connectivity index (χ1n) is 20.2. The molecule has 20 heteroatoms. The van der Waals surface area contributed by atoms with Crippen LogP contribution in [-0.4, -0.2) is 71.4 Å². The maximum Gasteiger partial charge on any atom is 0.328 e. The highest BCUT2D eigenvalue weighted by Crippen LogP contribution is 2.35. The Morgan fingerprint density at radius 2 is 0.812 bits per heavy atom. The number of carbonyl (C=O) groups is 12. The van der Waals surface area contributed by atoms with Gasteiger partial charge in [-0.05, 0) is 62.3 Å². The molecule has 64 heavy (non-hydrogen) atoms. The predicted molar refractivity (Wildman–Crippen MR) is 231 cm³/mol. The highest BCUT2D eigenvalue weighted by molar-refractivity contribution is 6.23. The molecule has 0 atom stereocenters. The van der Waals surface area contributed by atoms with Crippen LogP contribution in [0, 0.1) is 28.1 Å². The highest BCUT2D eigenvalue weighted by atomic mass is 16.2. The van der Waals surface area contributed by atoms with Crippen molar-refractivity contribution in [2.75, 3.05) is 0 Å². The lowest BCUT2D eigenvalue weighted by Gasteiger charge is -2.36. The van der Waals surface area contributed by atoms with Gasteiger partial charge in [0.1, 0.15) is 16.2 Å². The molecule has 8 N–H and O–H groups in total. The molecule has 1 aromatic carbocycles. The van der Waals surface area contributed by atoms with E-state index in [1.54, 1.807) is 51.1 Å². The smallest absolute Gasteiger partial charge is 0.277 e. The van der Waals surface area contributed by atoms with Gasteiger partial charge in [0.15, 0.2) is 5.41 Å². The van der Waals surface area contributed by atoms with Crippen LogP contribution in [0.4, 0.5) is 19.2 Å². The van der Waals surface area contributed by atoms with E-state index in [0.717, 1.165) is 6.42 Å². The monoisotopic (exact) mass is 888 g/mol. The van der Waals surface area contributed by atoms with Gasteiger partial charge in [0.25, 0.3) is 0 Å². The Kier molecular flexibility index (Phi) is 18.7. The molecule has 4 fully saturated rings. The van der Waals surface area contributed by atoms with E-state index in [2.05, 4.69) is 68.9 Å². The molecular formula is C44H56N8O12. The summed E-state index contributed by atoms with van der Waals surface area (Å²) >= 11 is 0. The fourth-order valence-electron chi connectivity index (χ4n) is 7.16. The second-order valence-corrected chi connectivity index (χ2v) is 15.8. The summed E-state index contributed by atoms with van der Waals surface area (Å²) in [4.78, 5) is 138. The zero-order valence-electron chi connectivity index (χ0n) is 36.5. The zero-order chi connectivity index (χ0) is 48.6. The van der Waals surface area contributed by atoms with Crippen LogP contribution in [-0.2, 0) is 43.8 Å². The lowest BCUT2D eigenvalue weighted by molar-refractivity contribution is -0.148. The summed E-state index contributed by atoms with van der Waals surface area (Å²) in [5.74, 6) is -4.27. The number of carbonyl (C=O) groups excluding carboxylic acids is 12. The number of nitrogens with one attached hydrogen (secondary N) is 8. The minimum atomic E-state index is -1.42. The Labute approximate surface area is 370 Å². The maximum absolute atomic E-state index is 12.1. The molecule has 0 aliphatic carbocycles. The summed E-state index contributed by atoms with van der Waals surface area (Å²) in [6.45, 7) is 23.5. The Morgan fingerprint density at radius 3 is 1.14 bits per heavy atom. The van der Waals surface area contributed by atoms with Crippen LogP contribution in [0.2, 0.25) is 0 Å². The normalized spacial score (nSPS) is 19.0. The van der Waals surface area contributed by atoms with Crippen molar-refractivity contribution in [3.63, 3.8) is 0 Å². The van der Waals surface area contributed by atoms with Crippen LogP contribution < -0.4 is 42.5 Å². The topological polar surface area (TPSA) is 301 Å². The molecule has 4 aliphatic heterocycles. The van der Waals surface area contributed by atoms with Crippen molar-refractivity contribution in [1.29, 1.82) is 0 Å². The van der Waals surface area contributed by atoms with Gasteiger partial charge in [0.05, 0.1) is 0 Å². The van der Waals surface area contributed by atoms with E-state index in [1.807, 2.05) is 13.8 Å². The lowest BCUT2D eigenvalue weighted by Crippen LogP contribution is -2.64. The molecule has 344 valence electrons. The summed E-state index contributed by atoms with van der Waals surface area (Å²) in [6.07, 6.45) is 8.29. The van der Waals surface area contributed by atoms with E-state index in [4.69, 9.17) is 0 Å². The minimum Gasteiger partial charge on any atom is -0.277 e. The molecule has 0 aromatic heterocycles. The van der Waals surface area contributed by atoms with Crippen LogP contribution in [0.1, 0.15) is 85.1 Å². The van der Waals surface area contributed by atoms with Crippen LogP contribution in [0.5, 0.6) is 0 Å². The Balaban J connectivity index is 0.000000294. The third-order valence-corrected chi connectivity index (χ3v) is 11.0. The Bertz CT molecular complexity index is 2020. The fraction of sp³-hybridized carbons (Fsp3) is 0.409. The third kappa shape index (κ3) is 11.4. The molecule has 4 aliphatic rings. The molecule has 16 amide bonds. The maximum atomic E-state index is 12.1. The van der Waals surface area contributed by atoms with Crippen molar-refractivity contribution >= 4 is 71.4 Å². The van der Waals surface area contributed by atoms with Crippen molar-refractivity contribution in [3.8, 4) is 0 Å². The van der Waals surface area contributed by atoms with Gasteiger partial charge >= 0.3 is 24.1 Å². The van der Waals surface area contributed by atoms with Crippen molar-refractivity contribution in [3.05, 3.63) is 86.5 Å². The van der Waals surface area contributed by atoms with Crippen molar-refractivity contribution < 1.29 is 57.5 Å². The largest absolute Gasteiger partial charge is 0.328 e. The number of urea groups is 4. The Hall–Kier alpha value is -7.38. The second kappa shape index (κ2) is 22.6. The molecule has 4 saturated heterocycles. The molecule has 0 spiro atoms. The molecule has 0 bridgehead atoms. The average molecular weight is 889 g/mol. The van der Waals surface area contributed by atoms with Crippen LogP contribution in [0.15, 0.2) is 81.0 Å². The van der Waals surface area contributed by atoms with Gasteiger partial charge in [-0.15, -0.1) is 26.3 Å². The van der Waals surface area contributed by atoms with Gasteiger partial charge in [0.2, 0.25) is 47.3 Å². The van der Waals surface area contributed by atoms with Crippen LogP contribution in [0.3, 0.4) is 0 Å². The van der Waals surface area contributed by atoms with Gasteiger partial charge < -0.3 is 0 Å². The summed E-state index contributed by atoms with van der Waals surface area (Å²) in [7, 11) is 0. The van der Waals surface area contributed by atoms with Gasteiger partial charge in [-0.2, -0.15) is 0 Å². The van der Waals surface area contributed by atoms with Crippen LogP contribution >= 0.6 is 0 Å². The van der Waals surface area contributed by atoms with Crippen molar-refractivity contribution in [2.24, 2.45) is 28.1 Å². The van der Waals surface area contributed by atoms with Gasteiger partial charge in [-0.3, -0.25) is 80.9 Å². The number of rotatable bonds is 14. The van der Waals surface area contributed by atoms with Crippen molar-refractivity contribution in [2.45, 2.75) is 85.0 Å². The molecule has 0 unspecified atom stereocenters. The fourth-order valence-corrected chi connectivity index (χ4v) is 7.16. The van der Waals surface area contributed by atoms with E-state index in [9.17, 15) is 57.5 Å². The molecule has 0 radical (unpaired) electrons. The number of barbiturate groups is 4. The first-order chi connectivity index (χ1) is 30.0. The van der Waals surface area contributed by atoms with Gasteiger partial charge in [-0.25, -0.2) is 19.2 Å². The van der Waals surface area contributed by atoms with Gasteiger partial charge in [-0.1, -0.05) is 89.3 Å². The first kappa shape index (κ1) is 52.8. The number of hydrogen-bond donors (Lipinski definition) is 8. The molecule has 20 nitrogen and oxygen atoms in total. The van der Waals surface area contributed by atoms with Gasteiger partial charge in [0, 0.05) is 0 Å². The first-order valence-corrected chi connectivity index (χ1v) is 20.2. The molecule has 4 heterocycles. The van der Waals surface area contributed by atoms with E-state index in [0.29, 0.717) is 24.3 Å². The number of imide groups is 8. The van der Waals surface area contributed by atoms with E-state index >= 15 is 0 Å². The summed E-state index contributed by atoms with van der Waals surface area (Å²) in [5, 5.41) is 16.9. The molecule has 0 saturated carbocycles. The van der Waals surface area contributed by atoms with Crippen molar-refractivity contribution in [1.82, 2.24) is 42.5 Å². The summed E-state index contributed by atoms with van der Waals surface area (Å²) < 4.78 is 0. The SMILES string of the molecule is C=CCC1(C(C)C)C(=O)NC(=O)NC1=O.C=CCC1(CC=C)C(=O)NC(=O)NC1=O.C=CCC1(c2ccccc2)C(=O)NC(=O)NC1=O.CCC1(CCC(C)C)C(=O)NC(=O)NC1=O.